The smallest absolute Gasteiger partial charge is 0.355 e. The average Bonchev–Trinajstić information content (AvgIpc) is 3.15. The van der Waals surface area contributed by atoms with Crippen LogP contribution < -0.4 is 0 Å². The highest BCUT2D eigenvalue weighted by Crippen LogP contribution is 2.17. The summed E-state index contributed by atoms with van der Waals surface area (Å²) in [6, 6.07) is 10.8. The number of nitrogens with one attached hydrogen (secondary N) is 1. The largest absolute Gasteiger partial charge is 0.451 e. The molecule has 0 fully saturated rings. The number of halogens is 1. The molecule has 0 radical (unpaired) electrons. The normalized spacial score (nSPS) is 10.5. The van der Waals surface area contributed by atoms with Gasteiger partial charge in [-0.05, 0) is 18.2 Å². The predicted molar refractivity (Wildman–Crippen MR) is 74.7 cm³/mol. The van der Waals surface area contributed by atoms with Gasteiger partial charge in [0.15, 0.2) is 6.61 Å². The molecule has 21 heavy (non-hydrogen) atoms. The SMILES string of the molecule is O=C(OCc1nnc(-c2ccccc2)o1)c1cc(Cl)c[nH]1. The fraction of sp³-hybridized carbons (Fsp3) is 0.0714. The Labute approximate surface area is 124 Å². The number of aromatic amines is 1. The summed E-state index contributed by atoms with van der Waals surface area (Å²) in [7, 11) is 0. The number of hydrogen-bond acceptors (Lipinski definition) is 5. The molecular formula is C14H10ClN3O3. The molecule has 0 aliphatic carbocycles. The summed E-state index contributed by atoms with van der Waals surface area (Å²) in [5.41, 5.74) is 1.07. The molecule has 0 aliphatic heterocycles. The maximum atomic E-state index is 11.7. The number of esters is 1. The summed E-state index contributed by atoms with van der Waals surface area (Å²) in [6.45, 7) is -0.102. The zero-order valence-electron chi connectivity index (χ0n) is 10.7. The van der Waals surface area contributed by atoms with Crippen LogP contribution in [0.25, 0.3) is 11.5 Å². The van der Waals surface area contributed by atoms with Gasteiger partial charge in [0.1, 0.15) is 5.69 Å². The van der Waals surface area contributed by atoms with Crippen molar-refractivity contribution >= 4 is 17.6 Å². The van der Waals surface area contributed by atoms with Gasteiger partial charge < -0.3 is 14.1 Å². The van der Waals surface area contributed by atoms with E-state index in [-0.39, 0.29) is 18.2 Å². The third-order valence-corrected chi connectivity index (χ3v) is 2.90. The predicted octanol–water partition coefficient (Wildman–Crippen LogP) is 3.08. The number of nitrogens with zero attached hydrogens (tertiary/aromatic N) is 2. The third kappa shape index (κ3) is 3.11. The molecule has 1 N–H and O–H groups in total. The number of H-pyrrole nitrogens is 1. The number of ether oxygens (including phenoxy) is 1. The van der Waals surface area contributed by atoms with E-state index in [1.165, 1.54) is 12.3 Å². The molecule has 7 heteroatoms. The molecule has 0 bridgehead atoms. The van der Waals surface area contributed by atoms with Crippen LogP contribution in [0, 0.1) is 0 Å². The zero-order chi connectivity index (χ0) is 14.7. The van der Waals surface area contributed by atoms with Crippen LogP contribution in [0.1, 0.15) is 16.4 Å². The molecular weight excluding hydrogens is 294 g/mol. The Morgan fingerprint density at radius 2 is 2.10 bits per heavy atom. The van der Waals surface area contributed by atoms with Crippen molar-refractivity contribution in [2.75, 3.05) is 0 Å². The van der Waals surface area contributed by atoms with Crippen molar-refractivity contribution in [3.63, 3.8) is 0 Å². The Balaban J connectivity index is 1.64. The lowest BCUT2D eigenvalue weighted by atomic mass is 10.2. The number of carbonyl (C=O) groups excluding carboxylic acids is 1. The molecule has 0 saturated carbocycles. The number of carbonyl (C=O) groups is 1. The highest BCUT2D eigenvalue weighted by atomic mass is 35.5. The van der Waals surface area contributed by atoms with E-state index < -0.39 is 5.97 Å². The van der Waals surface area contributed by atoms with E-state index in [9.17, 15) is 4.79 Å². The van der Waals surface area contributed by atoms with Crippen LogP contribution >= 0.6 is 11.6 Å². The van der Waals surface area contributed by atoms with Gasteiger partial charge in [0.25, 0.3) is 5.89 Å². The van der Waals surface area contributed by atoms with E-state index in [1.54, 1.807) is 0 Å². The molecule has 3 rings (SSSR count). The van der Waals surface area contributed by atoms with Gasteiger partial charge in [-0.1, -0.05) is 29.8 Å². The van der Waals surface area contributed by atoms with Crippen LogP contribution in [0.3, 0.4) is 0 Å². The molecule has 106 valence electrons. The molecule has 0 aliphatic rings. The number of rotatable bonds is 4. The fourth-order valence-electron chi connectivity index (χ4n) is 1.70. The summed E-state index contributed by atoms with van der Waals surface area (Å²) in [4.78, 5) is 14.4. The topological polar surface area (TPSA) is 81.0 Å². The lowest BCUT2D eigenvalue weighted by Gasteiger charge is -1.99. The average molecular weight is 304 g/mol. The van der Waals surface area contributed by atoms with Gasteiger partial charge in [-0.3, -0.25) is 0 Å². The van der Waals surface area contributed by atoms with Crippen molar-refractivity contribution in [1.29, 1.82) is 0 Å². The Kier molecular flexibility index (Phi) is 3.70. The third-order valence-electron chi connectivity index (χ3n) is 2.68. The lowest BCUT2D eigenvalue weighted by Crippen LogP contribution is -2.05. The van der Waals surface area contributed by atoms with E-state index >= 15 is 0 Å². The summed E-state index contributed by atoms with van der Waals surface area (Å²) in [5, 5.41) is 8.17. The molecule has 0 spiro atoms. The van der Waals surface area contributed by atoms with Crippen LogP contribution in [-0.2, 0) is 11.3 Å². The minimum atomic E-state index is -0.540. The van der Waals surface area contributed by atoms with Gasteiger partial charge in [-0.2, -0.15) is 0 Å². The van der Waals surface area contributed by atoms with Crippen LogP contribution in [-0.4, -0.2) is 21.2 Å². The van der Waals surface area contributed by atoms with Crippen LogP contribution in [0.2, 0.25) is 5.02 Å². The summed E-state index contributed by atoms with van der Waals surface area (Å²) in [5.74, 6) is 0.0609. The van der Waals surface area contributed by atoms with Gasteiger partial charge >= 0.3 is 5.97 Å². The van der Waals surface area contributed by atoms with E-state index in [1.807, 2.05) is 30.3 Å². The highest BCUT2D eigenvalue weighted by molar-refractivity contribution is 6.30. The molecule has 2 heterocycles. The molecule has 0 unspecified atom stereocenters. The van der Waals surface area contributed by atoms with Gasteiger partial charge in [0.2, 0.25) is 5.89 Å². The number of hydrogen-bond donors (Lipinski definition) is 1. The van der Waals surface area contributed by atoms with Crippen molar-refractivity contribution in [3.8, 4) is 11.5 Å². The summed E-state index contributed by atoms with van der Waals surface area (Å²) in [6.07, 6.45) is 1.50. The Morgan fingerprint density at radius 1 is 1.29 bits per heavy atom. The molecule has 0 atom stereocenters. The second-order valence-corrected chi connectivity index (χ2v) is 4.61. The first-order chi connectivity index (χ1) is 10.2. The van der Waals surface area contributed by atoms with E-state index in [4.69, 9.17) is 20.8 Å². The zero-order valence-corrected chi connectivity index (χ0v) is 11.5. The Bertz CT molecular complexity index is 752. The minimum absolute atomic E-state index is 0.102. The van der Waals surface area contributed by atoms with Crippen LogP contribution in [0.5, 0.6) is 0 Å². The van der Waals surface area contributed by atoms with E-state index in [2.05, 4.69) is 15.2 Å². The Morgan fingerprint density at radius 3 is 2.81 bits per heavy atom. The molecule has 1 aromatic carbocycles. The van der Waals surface area contributed by atoms with Crippen molar-refractivity contribution in [2.24, 2.45) is 0 Å². The second kappa shape index (κ2) is 5.80. The molecule has 0 saturated heterocycles. The fourth-order valence-corrected chi connectivity index (χ4v) is 1.86. The maximum absolute atomic E-state index is 11.7. The van der Waals surface area contributed by atoms with Crippen molar-refractivity contribution in [3.05, 3.63) is 59.2 Å². The van der Waals surface area contributed by atoms with Crippen LogP contribution in [0.15, 0.2) is 47.0 Å². The van der Waals surface area contributed by atoms with Crippen molar-refractivity contribution < 1.29 is 13.9 Å². The summed E-state index contributed by atoms with van der Waals surface area (Å²) >= 11 is 5.71. The van der Waals surface area contributed by atoms with E-state index in [0.717, 1.165) is 5.56 Å². The second-order valence-electron chi connectivity index (χ2n) is 4.17. The molecule has 3 aromatic rings. The van der Waals surface area contributed by atoms with Crippen LogP contribution in [0.4, 0.5) is 0 Å². The first kappa shape index (κ1) is 13.4. The first-order valence-electron chi connectivity index (χ1n) is 6.11. The Hall–Kier alpha value is -2.60. The highest BCUT2D eigenvalue weighted by Gasteiger charge is 2.13. The first-order valence-corrected chi connectivity index (χ1v) is 6.49. The maximum Gasteiger partial charge on any atom is 0.355 e. The van der Waals surface area contributed by atoms with E-state index in [0.29, 0.717) is 10.9 Å². The van der Waals surface area contributed by atoms with Crippen molar-refractivity contribution in [1.82, 2.24) is 15.2 Å². The minimum Gasteiger partial charge on any atom is -0.451 e. The van der Waals surface area contributed by atoms with Gasteiger partial charge in [0, 0.05) is 11.8 Å². The van der Waals surface area contributed by atoms with Crippen molar-refractivity contribution in [2.45, 2.75) is 6.61 Å². The van der Waals surface area contributed by atoms with Gasteiger partial charge in [-0.25, -0.2) is 4.79 Å². The van der Waals surface area contributed by atoms with Gasteiger partial charge in [0.05, 0.1) is 5.02 Å². The lowest BCUT2D eigenvalue weighted by molar-refractivity contribution is 0.0432. The number of benzene rings is 1. The molecule has 6 nitrogen and oxygen atoms in total. The number of aromatic nitrogens is 3. The molecule has 0 amide bonds. The summed E-state index contributed by atoms with van der Waals surface area (Å²) < 4.78 is 10.5. The standard InChI is InChI=1S/C14H10ClN3O3/c15-10-6-11(16-7-10)14(19)20-8-12-17-18-13(21-12)9-4-2-1-3-5-9/h1-7,16H,8H2. The molecule has 2 aromatic heterocycles. The quantitative estimate of drug-likeness (QED) is 0.749. The van der Waals surface area contributed by atoms with Gasteiger partial charge in [-0.15, -0.1) is 10.2 Å². The monoisotopic (exact) mass is 303 g/mol.